The number of hydrogen-bond acceptors (Lipinski definition) is 13. The first-order valence-electron chi connectivity index (χ1n) is 13.4. The molecule has 40 heavy (non-hydrogen) atoms. The summed E-state index contributed by atoms with van der Waals surface area (Å²) in [6, 6.07) is -0.346. The fraction of sp³-hybridized carbons (Fsp3) is 0.583. The molecule has 2 saturated carbocycles. The molecule has 214 valence electrons. The van der Waals surface area contributed by atoms with Crippen molar-refractivity contribution in [3.63, 3.8) is 0 Å². The van der Waals surface area contributed by atoms with Gasteiger partial charge in [-0.2, -0.15) is 0 Å². The monoisotopic (exact) mass is 572 g/mol. The van der Waals surface area contributed by atoms with Crippen molar-refractivity contribution >= 4 is 42.2 Å². The number of fused-ring (bicyclic) bond motifs is 2. The Kier molecular flexibility index (Phi) is 7.64. The number of nitrogens with two attached hydrogens (primary N) is 2. The van der Waals surface area contributed by atoms with Crippen molar-refractivity contribution in [1.82, 2.24) is 39.0 Å². The topological polar surface area (TPSA) is 215 Å². The first kappa shape index (κ1) is 27.0. The fourth-order valence-corrected chi connectivity index (χ4v) is 6.79. The van der Waals surface area contributed by atoms with Crippen LogP contribution in [0.4, 0.5) is 11.6 Å². The number of anilines is 2. The van der Waals surface area contributed by atoms with Crippen LogP contribution in [0.25, 0.3) is 22.3 Å². The largest absolute Gasteiger partial charge is 0.391 e. The number of rotatable bonds is 10. The Morgan fingerprint density at radius 2 is 1.20 bits per heavy atom. The van der Waals surface area contributed by atoms with Gasteiger partial charge in [0.15, 0.2) is 22.9 Å². The molecule has 6 unspecified atom stereocenters. The molecule has 0 aliphatic heterocycles. The second kappa shape index (κ2) is 11.3. The molecule has 2 aliphatic carbocycles. The highest BCUT2D eigenvalue weighted by molar-refractivity contribution is 7.33. The Morgan fingerprint density at radius 3 is 1.65 bits per heavy atom. The van der Waals surface area contributed by atoms with E-state index in [0.29, 0.717) is 59.6 Å². The molecule has 4 aromatic rings. The maximum atomic E-state index is 12.3. The van der Waals surface area contributed by atoms with E-state index >= 15 is 0 Å². The van der Waals surface area contributed by atoms with Gasteiger partial charge in [0.25, 0.3) is 0 Å². The maximum Gasteiger partial charge on any atom is 0.319 e. The van der Waals surface area contributed by atoms with Gasteiger partial charge in [-0.3, -0.25) is 4.57 Å². The Morgan fingerprint density at radius 1 is 0.750 bits per heavy atom. The van der Waals surface area contributed by atoms with Crippen LogP contribution >= 0.6 is 8.25 Å². The zero-order valence-corrected chi connectivity index (χ0v) is 22.8. The predicted molar refractivity (Wildman–Crippen MR) is 145 cm³/mol. The number of nitrogens with zero attached hydrogens (tertiary/aromatic N) is 8. The van der Waals surface area contributed by atoms with Crippen LogP contribution in [0.15, 0.2) is 25.3 Å². The molecule has 6 N–H and O–H groups in total. The molecule has 2 fully saturated rings. The first-order valence-corrected chi connectivity index (χ1v) is 14.6. The van der Waals surface area contributed by atoms with Gasteiger partial charge in [-0.1, -0.05) is 0 Å². The van der Waals surface area contributed by atoms with E-state index in [1.165, 1.54) is 12.7 Å². The number of hydrogen-bond donors (Lipinski definition) is 4. The third-order valence-corrected chi connectivity index (χ3v) is 9.05. The summed E-state index contributed by atoms with van der Waals surface area (Å²) >= 11 is 0. The van der Waals surface area contributed by atoms with Crippen LogP contribution in [0.5, 0.6) is 0 Å². The first-order chi connectivity index (χ1) is 19.4. The summed E-state index contributed by atoms with van der Waals surface area (Å²) in [7, 11) is -2.64. The van der Waals surface area contributed by atoms with Crippen molar-refractivity contribution in [3.05, 3.63) is 25.3 Å². The van der Waals surface area contributed by atoms with E-state index < -0.39 is 20.5 Å². The SMILES string of the molecule is Nc1ncnc2c1ncn2C1CC(CCO[PH](=O)OCCC2CC(O)C(n3cnc4c(N)ncnc43)C2)CC1O. The highest BCUT2D eigenvalue weighted by atomic mass is 31.1. The molecule has 16 heteroatoms. The van der Waals surface area contributed by atoms with Gasteiger partial charge in [0.2, 0.25) is 0 Å². The average Bonchev–Trinajstić information content (AvgIpc) is 3.70. The third kappa shape index (κ3) is 5.27. The Labute approximate surface area is 229 Å². The molecule has 0 saturated heterocycles. The molecule has 4 heterocycles. The summed E-state index contributed by atoms with van der Waals surface area (Å²) in [6.07, 6.45) is 8.91. The number of aliphatic hydroxyl groups excluding tert-OH is 2. The van der Waals surface area contributed by atoms with Crippen molar-refractivity contribution in [1.29, 1.82) is 0 Å². The Hall–Kier alpha value is -3.23. The van der Waals surface area contributed by atoms with Crippen LogP contribution in [0.1, 0.15) is 50.6 Å². The molecule has 6 atom stereocenters. The molecular weight excluding hydrogens is 539 g/mol. The lowest BCUT2D eigenvalue weighted by Crippen LogP contribution is -2.17. The third-order valence-electron chi connectivity index (χ3n) is 8.17. The second-order valence-corrected chi connectivity index (χ2v) is 11.7. The lowest BCUT2D eigenvalue weighted by atomic mass is 10.0. The molecule has 2 aliphatic rings. The predicted octanol–water partition coefficient (Wildman–Crippen LogP) is 1.66. The van der Waals surface area contributed by atoms with Crippen molar-refractivity contribution in [2.75, 3.05) is 24.7 Å². The van der Waals surface area contributed by atoms with E-state index in [1.807, 2.05) is 9.13 Å². The van der Waals surface area contributed by atoms with Crippen molar-refractivity contribution < 1.29 is 23.8 Å². The normalized spacial score (nSPS) is 27.6. The molecule has 0 aromatic carbocycles. The zero-order valence-electron chi connectivity index (χ0n) is 21.8. The summed E-state index contributed by atoms with van der Waals surface area (Å²) in [6.45, 7) is 0.565. The molecule has 6 rings (SSSR count). The smallest absolute Gasteiger partial charge is 0.319 e. The Bertz CT molecular complexity index is 1400. The van der Waals surface area contributed by atoms with Gasteiger partial charge >= 0.3 is 8.25 Å². The fourth-order valence-electron chi connectivity index (χ4n) is 6.14. The number of aromatic nitrogens is 8. The van der Waals surface area contributed by atoms with Crippen LogP contribution < -0.4 is 11.5 Å². The van der Waals surface area contributed by atoms with Gasteiger partial charge in [0, 0.05) is 0 Å². The van der Waals surface area contributed by atoms with Crippen LogP contribution in [-0.2, 0) is 13.6 Å². The van der Waals surface area contributed by atoms with Crippen molar-refractivity contribution in [2.45, 2.75) is 62.8 Å². The van der Waals surface area contributed by atoms with Crippen molar-refractivity contribution in [2.24, 2.45) is 11.8 Å². The van der Waals surface area contributed by atoms with Crippen molar-refractivity contribution in [3.8, 4) is 0 Å². The van der Waals surface area contributed by atoms with Gasteiger partial charge in [0.1, 0.15) is 23.7 Å². The minimum atomic E-state index is -2.64. The number of imidazole rings is 2. The van der Waals surface area contributed by atoms with Crippen LogP contribution in [0.3, 0.4) is 0 Å². The highest BCUT2D eigenvalue weighted by Gasteiger charge is 2.36. The van der Waals surface area contributed by atoms with E-state index in [2.05, 4.69) is 29.9 Å². The van der Waals surface area contributed by atoms with E-state index in [-0.39, 0.29) is 37.1 Å². The standard InChI is InChI=1S/C24H33N10O5P/c25-21-19-23(29-9-27-21)33(11-31-19)15-5-13(7-17(15)35)1-3-38-40(37)39-4-2-14-6-16(18(36)8-14)34-12-32-20-22(26)28-10-30-24(20)34/h9-18,35-36,40H,1-8H2,(H2,25,27,29)(H2,26,28,30). The van der Waals surface area contributed by atoms with E-state index in [4.69, 9.17) is 20.5 Å². The summed E-state index contributed by atoms with van der Waals surface area (Å²) in [5.74, 6) is 1.01. The second-order valence-electron chi connectivity index (χ2n) is 10.6. The minimum absolute atomic E-state index is 0.173. The van der Waals surface area contributed by atoms with Crippen LogP contribution in [0.2, 0.25) is 0 Å². The van der Waals surface area contributed by atoms with Gasteiger partial charge in [0.05, 0.1) is 50.2 Å². The molecule has 15 nitrogen and oxygen atoms in total. The van der Waals surface area contributed by atoms with Gasteiger partial charge in [-0.25, -0.2) is 29.9 Å². The molecule has 0 bridgehead atoms. The van der Waals surface area contributed by atoms with Crippen LogP contribution in [-0.4, -0.2) is 74.7 Å². The highest BCUT2D eigenvalue weighted by Crippen LogP contribution is 2.40. The quantitative estimate of drug-likeness (QED) is 0.199. The number of aliphatic hydroxyl groups is 2. The van der Waals surface area contributed by atoms with Crippen LogP contribution in [0, 0.1) is 11.8 Å². The van der Waals surface area contributed by atoms with E-state index in [0.717, 1.165) is 12.8 Å². The van der Waals surface area contributed by atoms with E-state index in [9.17, 15) is 14.8 Å². The summed E-state index contributed by atoms with van der Waals surface area (Å²) < 4.78 is 27.0. The molecule has 0 spiro atoms. The molecule has 0 amide bonds. The summed E-state index contributed by atoms with van der Waals surface area (Å²) in [5, 5.41) is 21.3. The lowest BCUT2D eigenvalue weighted by Gasteiger charge is -2.16. The van der Waals surface area contributed by atoms with E-state index in [1.54, 1.807) is 12.7 Å². The lowest BCUT2D eigenvalue weighted by molar-refractivity contribution is 0.134. The number of nitrogen functional groups attached to an aromatic ring is 2. The minimum Gasteiger partial charge on any atom is -0.391 e. The average molecular weight is 573 g/mol. The molecular formula is C24H33N10O5P. The molecule has 0 radical (unpaired) electrons. The van der Waals surface area contributed by atoms with Gasteiger partial charge in [-0.15, -0.1) is 0 Å². The molecule has 4 aromatic heterocycles. The Balaban J connectivity index is 0.929. The van der Waals surface area contributed by atoms with Gasteiger partial charge < -0.3 is 39.9 Å². The maximum absolute atomic E-state index is 12.3. The summed E-state index contributed by atoms with van der Waals surface area (Å²) in [4.78, 5) is 25.1. The van der Waals surface area contributed by atoms with Gasteiger partial charge in [-0.05, 0) is 50.4 Å². The summed E-state index contributed by atoms with van der Waals surface area (Å²) in [5.41, 5.74) is 14.0. The zero-order chi connectivity index (χ0) is 27.8.